The van der Waals surface area contributed by atoms with Gasteiger partial charge in [0.05, 0.1) is 5.75 Å². The molecule has 0 heterocycles. The van der Waals surface area contributed by atoms with E-state index in [1.807, 2.05) is 0 Å². The molecule has 102 valence electrons. The molecule has 0 amide bonds. The summed E-state index contributed by atoms with van der Waals surface area (Å²) in [6.45, 7) is 6.17. The molecule has 1 aliphatic rings. The maximum Gasteiger partial charge on any atom is 0.211 e. The molecule has 0 saturated heterocycles. The van der Waals surface area contributed by atoms with E-state index in [1.54, 1.807) is 0 Å². The van der Waals surface area contributed by atoms with Crippen LogP contribution in [-0.4, -0.2) is 25.6 Å². The van der Waals surface area contributed by atoms with Gasteiger partial charge < -0.3 is 0 Å². The largest absolute Gasteiger partial charge is 0.212 e. The van der Waals surface area contributed by atoms with E-state index in [1.165, 1.54) is 0 Å². The minimum atomic E-state index is -3.12. The lowest BCUT2D eigenvalue weighted by Gasteiger charge is -2.26. The normalized spacial score (nSPS) is 27.1. The molecule has 1 fully saturated rings. The molecule has 0 aromatic rings. The summed E-state index contributed by atoms with van der Waals surface area (Å²) < 4.78 is 26.6. The summed E-state index contributed by atoms with van der Waals surface area (Å²) in [5.74, 6) is 0.220. The summed E-state index contributed by atoms with van der Waals surface area (Å²) in [5, 5.41) is 0.227. The Hall–Kier alpha value is 0.200. The van der Waals surface area contributed by atoms with Gasteiger partial charge >= 0.3 is 0 Å². The standard InChI is InChI=1S/C12H24ClNO2S/c1-12(2,3)8-9-17(15,16)14-11-6-4-10(13)5-7-11/h10-11,14H,4-9H2,1-3H3. The maximum atomic E-state index is 11.9. The minimum absolute atomic E-state index is 0.0581. The molecule has 0 bridgehead atoms. The van der Waals surface area contributed by atoms with Crippen molar-refractivity contribution in [1.29, 1.82) is 0 Å². The highest BCUT2D eigenvalue weighted by molar-refractivity contribution is 7.89. The molecule has 1 saturated carbocycles. The van der Waals surface area contributed by atoms with Crippen molar-refractivity contribution in [3.8, 4) is 0 Å². The molecule has 0 unspecified atom stereocenters. The summed E-state index contributed by atoms with van der Waals surface area (Å²) in [6.07, 6.45) is 4.24. The van der Waals surface area contributed by atoms with E-state index in [9.17, 15) is 8.42 Å². The first-order valence-corrected chi connectivity index (χ1v) is 8.41. The summed E-state index contributed by atoms with van der Waals surface area (Å²) in [5.41, 5.74) is 0.0581. The molecule has 5 heteroatoms. The second kappa shape index (κ2) is 5.89. The molecule has 1 N–H and O–H groups in total. The van der Waals surface area contributed by atoms with Gasteiger partial charge in [0.2, 0.25) is 10.0 Å². The third-order valence-corrected chi connectivity index (χ3v) is 4.99. The van der Waals surface area contributed by atoms with Crippen LogP contribution < -0.4 is 4.72 Å². The summed E-state index contributed by atoms with van der Waals surface area (Å²) >= 11 is 6.00. The molecule has 3 nitrogen and oxygen atoms in total. The van der Waals surface area contributed by atoms with Gasteiger partial charge in [-0.1, -0.05) is 20.8 Å². The third kappa shape index (κ3) is 6.63. The Morgan fingerprint density at radius 3 is 2.18 bits per heavy atom. The summed E-state index contributed by atoms with van der Waals surface area (Å²) in [4.78, 5) is 0. The van der Waals surface area contributed by atoms with E-state index < -0.39 is 10.0 Å². The predicted octanol–water partition coefficient (Wildman–Crippen LogP) is 2.89. The van der Waals surface area contributed by atoms with Gasteiger partial charge in [-0.3, -0.25) is 0 Å². The van der Waals surface area contributed by atoms with E-state index in [0.717, 1.165) is 25.7 Å². The molecular formula is C12H24ClNO2S. The van der Waals surface area contributed by atoms with Crippen molar-refractivity contribution in [2.24, 2.45) is 5.41 Å². The number of halogens is 1. The second-order valence-electron chi connectivity index (χ2n) is 6.20. The highest BCUT2D eigenvalue weighted by Crippen LogP contribution is 2.24. The van der Waals surface area contributed by atoms with Crippen molar-refractivity contribution in [3.05, 3.63) is 0 Å². The number of alkyl halides is 1. The molecule has 17 heavy (non-hydrogen) atoms. The van der Waals surface area contributed by atoms with Crippen molar-refractivity contribution in [3.63, 3.8) is 0 Å². The number of sulfonamides is 1. The first-order valence-electron chi connectivity index (χ1n) is 6.32. The van der Waals surface area contributed by atoms with Crippen LogP contribution in [0.5, 0.6) is 0 Å². The minimum Gasteiger partial charge on any atom is -0.212 e. The van der Waals surface area contributed by atoms with E-state index >= 15 is 0 Å². The Labute approximate surface area is 110 Å². The average molecular weight is 282 g/mol. The maximum absolute atomic E-state index is 11.9. The summed E-state index contributed by atoms with van der Waals surface area (Å²) in [6, 6.07) is 0.0926. The van der Waals surface area contributed by atoms with Crippen LogP contribution in [0.3, 0.4) is 0 Å². The molecule has 0 atom stereocenters. The fourth-order valence-electron chi connectivity index (χ4n) is 1.92. The molecule has 1 rings (SSSR count). The SMILES string of the molecule is CC(C)(C)CCS(=O)(=O)NC1CCC(Cl)CC1. The zero-order chi connectivity index (χ0) is 13.1. The zero-order valence-electron chi connectivity index (χ0n) is 11.0. The van der Waals surface area contributed by atoms with Crippen LogP contribution in [-0.2, 0) is 10.0 Å². The van der Waals surface area contributed by atoms with Crippen molar-refractivity contribution in [1.82, 2.24) is 4.72 Å². The molecule has 0 spiro atoms. The van der Waals surface area contributed by atoms with Gasteiger partial charge in [0.1, 0.15) is 0 Å². The lowest BCUT2D eigenvalue weighted by molar-refractivity contribution is 0.390. The Morgan fingerprint density at radius 2 is 1.71 bits per heavy atom. The Morgan fingerprint density at radius 1 is 1.18 bits per heavy atom. The Bertz CT molecular complexity index is 327. The van der Waals surface area contributed by atoms with E-state index in [-0.39, 0.29) is 22.6 Å². The molecule has 0 radical (unpaired) electrons. The van der Waals surface area contributed by atoms with Crippen molar-refractivity contribution < 1.29 is 8.42 Å². The van der Waals surface area contributed by atoms with Crippen LogP contribution >= 0.6 is 11.6 Å². The second-order valence-corrected chi connectivity index (χ2v) is 8.69. The third-order valence-electron chi connectivity index (χ3n) is 3.12. The van der Waals surface area contributed by atoms with Crippen molar-refractivity contribution in [2.75, 3.05) is 5.75 Å². The van der Waals surface area contributed by atoms with Gasteiger partial charge in [0.15, 0.2) is 0 Å². The number of rotatable bonds is 4. The predicted molar refractivity (Wildman–Crippen MR) is 72.9 cm³/mol. The smallest absolute Gasteiger partial charge is 0.211 e. The molecular weight excluding hydrogens is 258 g/mol. The van der Waals surface area contributed by atoms with E-state index in [4.69, 9.17) is 11.6 Å². The van der Waals surface area contributed by atoms with Crippen LogP contribution in [0.2, 0.25) is 0 Å². The monoisotopic (exact) mass is 281 g/mol. The topological polar surface area (TPSA) is 46.2 Å². The van der Waals surface area contributed by atoms with Crippen LogP contribution in [0.4, 0.5) is 0 Å². The Balaban J connectivity index is 2.39. The van der Waals surface area contributed by atoms with Crippen molar-refractivity contribution >= 4 is 21.6 Å². The fourth-order valence-corrected chi connectivity index (χ4v) is 3.92. The molecule has 0 aliphatic heterocycles. The highest BCUT2D eigenvalue weighted by atomic mass is 35.5. The Kier molecular flexibility index (Phi) is 5.29. The van der Waals surface area contributed by atoms with Gasteiger partial charge in [-0.2, -0.15) is 0 Å². The first kappa shape index (κ1) is 15.3. The summed E-state index contributed by atoms with van der Waals surface area (Å²) in [7, 11) is -3.12. The van der Waals surface area contributed by atoms with Gasteiger partial charge in [0.25, 0.3) is 0 Å². The van der Waals surface area contributed by atoms with Crippen LogP contribution in [0, 0.1) is 5.41 Å². The van der Waals surface area contributed by atoms with E-state index in [0.29, 0.717) is 6.42 Å². The van der Waals surface area contributed by atoms with Crippen LogP contribution in [0.15, 0.2) is 0 Å². The zero-order valence-corrected chi connectivity index (χ0v) is 12.6. The van der Waals surface area contributed by atoms with Crippen molar-refractivity contribution in [2.45, 2.75) is 64.3 Å². The molecule has 0 aromatic heterocycles. The number of nitrogens with one attached hydrogen (secondary N) is 1. The highest BCUT2D eigenvalue weighted by Gasteiger charge is 2.24. The van der Waals surface area contributed by atoms with Gasteiger partial charge in [-0.15, -0.1) is 11.6 Å². The average Bonchev–Trinajstić information content (AvgIpc) is 2.18. The quantitative estimate of drug-likeness (QED) is 0.806. The van der Waals surface area contributed by atoms with Gasteiger partial charge in [-0.05, 0) is 37.5 Å². The van der Waals surface area contributed by atoms with E-state index in [2.05, 4.69) is 25.5 Å². The molecule has 1 aliphatic carbocycles. The van der Waals surface area contributed by atoms with Crippen LogP contribution in [0.25, 0.3) is 0 Å². The number of hydrogen-bond donors (Lipinski definition) is 1. The molecule has 0 aromatic carbocycles. The lowest BCUT2D eigenvalue weighted by atomic mass is 9.94. The van der Waals surface area contributed by atoms with Crippen LogP contribution in [0.1, 0.15) is 52.9 Å². The first-order chi connectivity index (χ1) is 7.68. The fraction of sp³-hybridized carbons (Fsp3) is 1.00. The van der Waals surface area contributed by atoms with Gasteiger partial charge in [-0.25, -0.2) is 13.1 Å². The lowest BCUT2D eigenvalue weighted by Crippen LogP contribution is -2.39. The van der Waals surface area contributed by atoms with Gasteiger partial charge in [0, 0.05) is 11.4 Å². The number of hydrogen-bond acceptors (Lipinski definition) is 2.